The Balaban J connectivity index is 1.61. The quantitative estimate of drug-likeness (QED) is 0.927. The van der Waals surface area contributed by atoms with Gasteiger partial charge in [-0.15, -0.1) is 0 Å². The summed E-state index contributed by atoms with van der Waals surface area (Å²) in [5.41, 5.74) is 1.44. The van der Waals surface area contributed by atoms with Crippen LogP contribution < -0.4 is 0 Å². The van der Waals surface area contributed by atoms with Gasteiger partial charge in [0.05, 0.1) is 6.61 Å². The van der Waals surface area contributed by atoms with Crippen LogP contribution in [0, 0.1) is 11.2 Å². The number of hydrogen-bond donors (Lipinski definition) is 1. The van der Waals surface area contributed by atoms with Gasteiger partial charge >= 0.3 is 0 Å². The van der Waals surface area contributed by atoms with Gasteiger partial charge in [0.15, 0.2) is 0 Å². The largest absolute Gasteiger partial charge is 0.396 e. The van der Waals surface area contributed by atoms with Crippen LogP contribution in [0.4, 0.5) is 4.39 Å². The fraction of sp³-hybridized carbons (Fsp3) is 0.381. The molecule has 0 spiro atoms. The highest BCUT2D eigenvalue weighted by Gasteiger charge is 2.57. The van der Waals surface area contributed by atoms with Crippen molar-refractivity contribution < 1.29 is 14.3 Å². The fourth-order valence-electron chi connectivity index (χ4n) is 4.76. The van der Waals surface area contributed by atoms with E-state index in [1.807, 2.05) is 23.1 Å². The smallest absolute Gasteiger partial charge is 0.254 e. The number of hydrogen-bond acceptors (Lipinski definition) is 2. The van der Waals surface area contributed by atoms with Crippen LogP contribution in [0.15, 0.2) is 54.6 Å². The van der Waals surface area contributed by atoms with Gasteiger partial charge in [-0.1, -0.05) is 30.3 Å². The zero-order chi connectivity index (χ0) is 17.4. The van der Waals surface area contributed by atoms with Crippen LogP contribution in [-0.4, -0.2) is 34.6 Å². The van der Waals surface area contributed by atoms with Crippen molar-refractivity contribution in [3.05, 3.63) is 71.5 Å². The number of benzene rings is 2. The second-order valence-electron chi connectivity index (χ2n) is 7.35. The van der Waals surface area contributed by atoms with Crippen LogP contribution in [-0.2, 0) is 6.42 Å². The topological polar surface area (TPSA) is 40.5 Å². The predicted octanol–water partition coefficient (Wildman–Crippen LogP) is 3.42. The highest BCUT2D eigenvalue weighted by Crippen LogP contribution is 2.51. The maximum atomic E-state index is 13.2. The van der Waals surface area contributed by atoms with E-state index in [9.17, 15) is 14.3 Å². The first-order valence-corrected chi connectivity index (χ1v) is 8.86. The second kappa shape index (κ2) is 6.26. The molecule has 4 rings (SSSR count). The van der Waals surface area contributed by atoms with Crippen LogP contribution in [0.1, 0.15) is 35.2 Å². The third-order valence-corrected chi connectivity index (χ3v) is 5.89. The van der Waals surface area contributed by atoms with E-state index in [0.717, 1.165) is 25.7 Å². The van der Waals surface area contributed by atoms with Crippen molar-refractivity contribution in [2.45, 2.75) is 37.8 Å². The molecule has 25 heavy (non-hydrogen) atoms. The van der Waals surface area contributed by atoms with Crippen LogP contribution in [0.3, 0.4) is 0 Å². The molecule has 3 nitrogen and oxygen atoms in total. The molecule has 2 heterocycles. The molecule has 0 unspecified atom stereocenters. The number of nitrogens with zero attached hydrogens (tertiary/aromatic N) is 1. The summed E-state index contributed by atoms with van der Waals surface area (Å²) in [4.78, 5) is 14.9. The Labute approximate surface area is 147 Å². The molecule has 0 saturated carbocycles. The zero-order valence-corrected chi connectivity index (χ0v) is 14.1. The van der Waals surface area contributed by atoms with E-state index < -0.39 is 0 Å². The number of rotatable bonds is 4. The lowest BCUT2D eigenvalue weighted by Gasteiger charge is -2.36. The number of aliphatic hydroxyl groups is 1. The maximum absolute atomic E-state index is 13.2. The summed E-state index contributed by atoms with van der Waals surface area (Å²) in [5.74, 6) is -0.384. The standard InChI is InChI=1S/C21H22FNO2/c22-17-8-6-16(7-9-17)20(25)23-18-10-11-19(23)21(13-18,14-24)12-15-4-2-1-3-5-15/h1-9,18-19,24H,10-14H2/t18-,19+,21-/m0/s1. The summed E-state index contributed by atoms with van der Waals surface area (Å²) in [6.07, 6.45) is 3.51. The van der Waals surface area contributed by atoms with Crippen molar-refractivity contribution in [3.63, 3.8) is 0 Å². The minimum absolute atomic E-state index is 0.0419. The van der Waals surface area contributed by atoms with E-state index in [-0.39, 0.29) is 35.8 Å². The van der Waals surface area contributed by atoms with Gasteiger partial charge in [-0.2, -0.15) is 0 Å². The van der Waals surface area contributed by atoms with E-state index in [0.29, 0.717) is 5.56 Å². The molecule has 0 aromatic heterocycles. The van der Waals surface area contributed by atoms with Crippen molar-refractivity contribution in [1.29, 1.82) is 0 Å². The van der Waals surface area contributed by atoms with Gasteiger partial charge in [-0.05, 0) is 55.5 Å². The van der Waals surface area contributed by atoms with Crippen LogP contribution >= 0.6 is 0 Å². The molecule has 2 aliphatic rings. The van der Waals surface area contributed by atoms with Crippen molar-refractivity contribution >= 4 is 5.91 Å². The maximum Gasteiger partial charge on any atom is 0.254 e. The van der Waals surface area contributed by atoms with Gasteiger partial charge in [0.2, 0.25) is 0 Å². The Hall–Kier alpha value is -2.20. The lowest BCUT2D eigenvalue weighted by Crippen LogP contribution is -2.43. The number of carbonyl (C=O) groups excluding carboxylic acids is 1. The van der Waals surface area contributed by atoms with E-state index >= 15 is 0 Å². The van der Waals surface area contributed by atoms with E-state index in [2.05, 4.69) is 12.1 Å². The molecule has 2 aromatic rings. The van der Waals surface area contributed by atoms with Crippen molar-refractivity contribution in [3.8, 4) is 0 Å². The Kier molecular flexibility index (Phi) is 4.08. The molecule has 130 valence electrons. The number of amides is 1. The normalized spacial score (nSPS) is 27.7. The number of aliphatic hydroxyl groups excluding tert-OH is 1. The molecule has 2 bridgehead atoms. The average molecular weight is 339 g/mol. The molecule has 0 aliphatic carbocycles. The summed E-state index contributed by atoms with van der Waals surface area (Å²) < 4.78 is 13.2. The third kappa shape index (κ3) is 2.74. The van der Waals surface area contributed by atoms with Crippen molar-refractivity contribution in [1.82, 2.24) is 4.90 Å². The lowest BCUT2D eigenvalue weighted by atomic mass is 9.70. The van der Waals surface area contributed by atoms with Crippen molar-refractivity contribution in [2.24, 2.45) is 5.41 Å². The second-order valence-corrected chi connectivity index (χ2v) is 7.35. The average Bonchev–Trinajstić information content (AvgIpc) is 3.18. The van der Waals surface area contributed by atoms with Crippen LogP contribution in [0.25, 0.3) is 0 Å². The van der Waals surface area contributed by atoms with E-state index in [1.165, 1.54) is 17.7 Å². The Bertz CT molecular complexity index is 761. The third-order valence-electron chi connectivity index (χ3n) is 5.89. The SMILES string of the molecule is O=C(c1ccc(F)cc1)N1[C@H]2CC[C@@H]1[C@@](CO)(Cc1ccccc1)C2. The first-order valence-electron chi connectivity index (χ1n) is 8.86. The molecule has 2 aliphatic heterocycles. The summed E-state index contributed by atoms with van der Waals surface area (Å²) in [6.45, 7) is 0.0796. The van der Waals surface area contributed by atoms with Gasteiger partial charge in [0.1, 0.15) is 5.82 Å². The first kappa shape index (κ1) is 16.3. The highest BCUT2D eigenvalue weighted by molar-refractivity contribution is 5.95. The Morgan fingerprint density at radius 3 is 2.52 bits per heavy atom. The molecule has 2 fully saturated rings. The molecule has 4 heteroatoms. The minimum atomic E-state index is -0.338. The van der Waals surface area contributed by atoms with Gasteiger partial charge in [-0.25, -0.2) is 4.39 Å². The van der Waals surface area contributed by atoms with Crippen LogP contribution in [0.5, 0.6) is 0 Å². The highest BCUT2D eigenvalue weighted by atomic mass is 19.1. The molecule has 1 amide bonds. The van der Waals surface area contributed by atoms with E-state index in [1.54, 1.807) is 12.1 Å². The summed E-state index contributed by atoms with van der Waals surface area (Å²) in [6, 6.07) is 16.1. The minimum Gasteiger partial charge on any atom is -0.396 e. The monoisotopic (exact) mass is 339 g/mol. The molecular formula is C21H22FNO2. The Morgan fingerprint density at radius 1 is 1.12 bits per heavy atom. The number of fused-ring (bicyclic) bond motifs is 2. The molecule has 2 saturated heterocycles. The molecule has 3 atom stereocenters. The van der Waals surface area contributed by atoms with Gasteiger partial charge in [0, 0.05) is 23.1 Å². The fourth-order valence-corrected chi connectivity index (χ4v) is 4.76. The molecular weight excluding hydrogens is 317 g/mol. The van der Waals surface area contributed by atoms with Crippen molar-refractivity contribution in [2.75, 3.05) is 6.61 Å². The molecule has 0 radical (unpaired) electrons. The number of carbonyl (C=O) groups is 1. The molecule has 2 aromatic carbocycles. The number of halogens is 1. The zero-order valence-electron chi connectivity index (χ0n) is 14.1. The molecule has 1 N–H and O–H groups in total. The lowest BCUT2D eigenvalue weighted by molar-refractivity contribution is 0.0571. The summed E-state index contributed by atoms with van der Waals surface area (Å²) >= 11 is 0. The first-order chi connectivity index (χ1) is 12.1. The van der Waals surface area contributed by atoms with Crippen LogP contribution in [0.2, 0.25) is 0 Å². The van der Waals surface area contributed by atoms with Gasteiger partial charge in [-0.3, -0.25) is 4.79 Å². The van der Waals surface area contributed by atoms with Gasteiger partial charge in [0.25, 0.3) is 5.91 Å². The Morgan fingerprint density at radius 2 is 1.84 bits per heavy atom. The van der Waals surface area contributed by atoms with Gasteiger partial charge < -0.3 is 10.0 Å². The summed E-state index contributed by atoms with van der Waals surface area (Å²) in [7, 11) is 0. The predicted molar refractivity (Wildman–Crippen MR) is 93.7 cm³/mol. The summed E-state index contributed by atoms with van der Waals surface area (Å²) in [5, 5.41) is 10.2. The van der Waals surface area contributed by atoms with E-state index in [4.69, 9.17) is 0 Å².